The maximum Gasteiger partial charge on any atom is 0.253 e. The Kier molecular flexibility index (Phi) is 5.54. The smallest absolute Gasteiger partial charge is 0.253 e. The van der Waals surface area contributed by atoms with Crippen LogP contribution in [0.3, 0.4) is 0 Å². The number of hydrogen-bond acceptors (Lipinski definition) is 6. The van der Waals surface area contributed by atoms with E-state index in [4.69, 9.17) is 10.5 Å². The third-order valence-electron chi connectivity index (χ3n) is 5.56. The maximum absolute atomic E-state index is 12.7. The summed E-state index contributed by atoms with van der Waals surface area (Å²) in [4.78, 5) is 26.2. The monoisotopic (exact) mass is 381 g/mol. The fourth-order valence-corrected chi connectivity index (χ4v) is 3.87. The van der Waals surface area contributed by atoms with Gasteiger partial charge in [-0.3, -0.25) is 4.79 Å². The van der Waals surface area contributed by atoms with Crippen LogP contribution < -0.4 is 10.6 Å². The first kappa shape index (κ1) is 18.8. The zero-order chi connectivity index (χ0) is 19.5. The number of nitrogens with two attached hydrogens (primary N) is 1. The number of rotatable bonds is 5. The molecule has 1 amide bonds. The molecule has 2 fully saturated rings. The van der Waals surface area contributed by atoms with Gasteiger partial charge in [0.2, 0.25) is 0 Å². The number of methoxy groups -OCH3 is 1. The average Bonchev–Trinajstić information content (AvgIpc) is 2.72. The van der Waals surface area contributed by atoms with Gasteiger partial charge in [-0.1, -0.05) is 18.2 Å². The first-order valence-electron chi connectivity index (χ1n) is 9.85. The highest BCUT2D eigenvalue weighted by Gasteiger charge is 2.30. The average molecular weight is 381 g/mol. The van der Waals surface area contributed by atoms with Crippen LogP contribution in [0, 0.1) is 0 Å². The summed E-state index contributed by atoms with van der Waals surface area (Å²) in [5, 5.41) is 0. The van der Waals surface area contributed by atoms with E-state index in [0.717, 1.165) is 43.0 Å². The minimum absolute atomic E-state index is 0.0900. The molecule has 2 heterocycles. The first-order chi connectivity index (χ1) is 13.6. The van der Waals surface area contributed by atoms with Crippen LogP contribution in [0.4, 0.5) is 5.82 Å². The number of nitrogens with zero attached hydrogens (tertiary/aromatic N) is 4. The van der Waals surface area contributed by atoms with Crippen LogP contribution >= 0.6 is 0 Å². The van der Waals surface area contributed by atoms with Crippen molar-refractivity contribution in [2.75, 3.05) is 38.2 Å². The lowest BCUT2D eigenvalue weighted by Gasteiger charge is -2.36. The lowest BCUT2D eigenvalue weighted by molar-refractivity contribution is 0.0746. The van der Waals surface area contributed by atoms with E-state index >= 15 is 0 Å². The predicted octanol–water partition coefficient (Wildman–Crippen LogP) is 1.79. The Labute approximate surface area is 165 Å². The molecule has 7 heteroatoms. The molecule has 2 N–H and O–H groups in total. The number of ether oxygens (including phenoxy) is 1. The molecule has 148 valence electrons. The van der Waals surface area contributed by atoms with Gasteiger partial charge in [0.15, 0.2) is 5.82 Å². The van der Waals surface area contributed by atoms with E-state index in [2.05, 4.69) is 20.9 Å². The van der Waals surface area contributed by atoms with Crippen LogP contribution in [0.5, 0.6) is 0 Å². The van der Waals surface area contributed by atoms with E-state index in [9.17, 15) is 4.79 Å². The number of amides is 1. The molecule has 4 rings (SSSR count). The van der Waals surface area contributed by atoms with Crippen molar-refractivity contribution in [2.24, 2.45) is 5.73 Å². The van der Waals surface area contributed by atoms with Gasteiger partial charge in [0.05, 0.1) is 0 Å². The third-order valence-corrected chi connectivity index (χ3v) is 5.56. The van der Waals surface area contributed by atoms with E-state index in [1.165, 1.54) is 0 Å². The van der Waals surface area contributed by atoms with Gasteiger partial charge in [-0.2, -0.15) is 0 Å². The van der Waals surface area contributed by atoms with Gasteiger partial charge in [0.25, 0.3) is 5.91 Å². The topological polar surface area (TPSA) is 84.6 Å². The molecule has 0 radical (unpaired) electrons. The van der Waals surface area contributed by atoms with E-state index in [0.29, 0.717) is 31.4 Å². The van der Waals surface area contributed by atoms with Gasteiger partial charge < -0.3 is 20.3 Å². The molecule has 2 aliphatic rings. The fourth-order valence-electron chi connectivity index (χ4n) is 3.87. The quantitative estimate of drug-likeness (QED) is 0.850. The summed E-state index contributed by atoms with van der Waals surface area (Å²) < 4.78 is 5.25. The van der Waals surface area contributed by atoms with Crippen molar-refractivity contribution in [3.63, 3.8) is 0 Å². The highest BCUT2D eigenvalue weighted by molar-refractivity contribution is 5.94. The number of aromatic nitrogens is 2. The van der Waals surface area contributed by atoms with Crippen LogP contribution in [-0.2, 0) is 11.3 Å². The van der Waals surface area contributed by atoms with Gasteiger partial charge in [-0.05, 0) is 25.0 Å². The lowest BCUT2D eigenvalue weighted by Crippen LogP contribution is -2.49. The van der Waals surface area contributed by atoms with Crippen molar-refractivity contribution >= 4 is 11.7 Å². The van der Waals surface area contributed by atoms with Crippen LogP contribution in [0.15, 0.2) is 36.4 Å². The summed E-state index contributed by atoms with van der Waals surface area (Å²) in [6.07, 6.45) is 1.95. The van der Waals surface area contributed by atoms with Crippen molar-refractivity contribution in [2.45, 2.75) is 31.4 Å². The molecule has 1 aromatic carbocycles. The number of benzene rings is 1. The van der Waals surface area contributed by atoms with E-state index in [-0.39, 0.29) is 11.9 Å². The Bertz CT molecular complexity index is 815. The number of hydrogen-bond donors (Lipinski definition) is 1. The Morgan fingerprint density at radius 3 is 2.50 bits per heavy atom. The second-order valence-corrected chi connectivity index (χ2v) is 7.57. The van der Waals surface area contributed by atoms with Gasteiger partial charge in [0.1, 0.15) is 12.4 Å². The van der Waals surface area contributed by atoms with Crippen molar-refractivity contribution < 1.29 is 9.53 Å². The van der Waals surface area contributed by atoms with Crippen LogP contribution in [-0.4, -0.2) is 60.1 Å². The van der Waals surface area contributed by atoms with Crippen LogP contribution in [0.25, 0.3) is 0 Å². The van der Waals surface area contributed by atoms with Crippen LogP contribution in [0.2, 0.25) is 0 Å². The summed E-state index contributed by atoms with van der Waals surface area (Å²) in [5.74, 6) is 2.13. The summed E-state index contributed by atoms with van der Waals surface area (Å²) in [5.41, 5.74) is 7.76. The van der Waals surface area contributed by atoms with Gasteiger partial charge in [0, 0.05) is 62.6 Å². The van der Waals surface area contributed by atoms with Crippen molar-refractivity contribution in [3.05, 3.63) is 53.5 Å². The Hall–Kier alpha value is -2.51. The minimum Gasteiger partial charge on any atom is -0.377 e. The Morgan fingerprint density at radius 1 is 1.14 bits per heavy atom. The second kappa shape index (κ2) is 8.24. The standard InChI is InChI=1S/C21H27N5O2/c1-28-14-19-23-18(16-11-17(22)12-16)13-20(24-19)25-7-9-26(10-8-25)21(27)15-5-3-2-4-6-15/h2-6,13,16-17H,7-12,14,22H2,1H3. The van der Waals surface area contributed by atoms with Gasteiger partial charge in [-0.25, -0.2) is 9.97 Å². The molecule has 1 saturated heterocycles. The molecule has 0 unspecified atom stereocenters. The summed E-state index contributed by atoms with van der Waals surface area (Å²) >= 11 is 0. The fraction of sp³-hybridized carbons (Fsp3) is 0.476. The molecular weight excluding hydrogens is 354 g/mol. The summed E-state index contributed by atoms with van der Waals surface area (Å²) in [6, 6.07) is 11.8. The first-order valence-corrected chi connectivity index (χ1v) is 9.85. The molecule has 1 aliphatic heterocycles. The third kappa shape index (κ3) is 4.00. The number of carbonyl (C=O) groups excluding carboxylic acids is 1. The van der Waals surface area contributed by atoms with Crippen molar-refractivity contribution in [1.29, 1.82) is 0 Å². The molecule has 1 saturated carbocycles. The van der Waals surface area contributed by atoms with E-state index < -0.39 is 0 Å². The predicted molar refractivity (Wildman–Crippen MR) is 107 cm³/mol. The number of anilines is 1. The summed E-state index contributed by atoms with van der Waals surface area (Å²) in [6.45, 7) is 3.27. The Morgan fingerprint density at radius 2 is 1.86 bits per heavy atom. The van der Waals surface area contributed by atoms with Crippen molar-refractivity contribution in [1.82, 2.24) is 14.9 Å². The second-order valence-electron chi connectivity index (χ2n) is 7.57. The maximum atomic E-state index is 12.7. The largest absolute Gasteiger partial charge is 0.377 e. The molecular formula is C21H27N5O2. The molecule has 0 bridgehead atoms. The van der Waals surface area contributed by atoms with Gasteiger partial charge in [-0.15, -0.1) is 0 Å². The zero-order valence-corrected chi connectivity index (χ0v) is 16.3. The Balaban J connectivity index is 1.45. The molecule has 1 aliphatic carbocycles. The lowest BCUT2D eigenvalue weighted by atomic mass is 9.78. The summed E-state index contributed by atoms with van der Waals surface area (Å²) in [7, 11) is 1.66. The zero-order valence-electron chi connectivity index (χ0n) is 16.3. The van der Waals surface area contributed by atoms with Crippen LogP contribution in [0.1, 0.15) is 40.6 Å². The molecule has 1 aromatic heterocycles. The normalized spacial score (nSPS) is 22.1. The van der Waals surface area contributed by atoms with Gasteiger partial charge >= 0.3 is 0 Å². The molecule has 2 aromatic rings. The number of carbonyl (C=O) groups is 1. The molecule has 7 nitrogen and oxygen atoms in total. The number of piperazine rings is 1. The highest BCUT2D eigenvalue weighted by atomic mass is 16.5. The highest BCUT2D eigenvalue weighted by Crippen LogP contribution is 2.35. The van der Waals surface area contributed by atoms with Crippen molar-refractivity contribution in [3.8, 4) is 0 Å². The van der Waals surface area contributed by atoms with E-state index in [1.54, 1.807) is 7.11 Å². The minimum atomic E-state index is 0.0900. The molecule has 28 heavy (non-hydrogen) atoms. The molecule has 0 atom stereocenters. The van der Waals surface area contributed by atoms with E-state index in [1.807, 2.05) is 35.2 Å². The SMILES string of the molecule is COCc1nc(C2CC(N)C2)cc(N2CCN(C(=O)c3ccccc3)CC2)n1. The molecule has 0 spiro atoms.